The van der Waals surface area contributed by atoms with Crippen molar-refractivity contribution in [3.05, 3.63) is 52.1 Å². The van der Waals surface area contributed by atoms with Gasteiger partial charge in [0.2, 0.25) is 5.91 Å². The topological polar surface area (TPSA) is 77.6 Å². The zero-order chi connectivity index (χ0) is 21.0. The van der Waals surface area contributed by atoms with E-state index in [0.717, 1.165) is 47.6 Å². The number of piperazine rings is 1. The number of halogens is 1. The van der Waals surface area contributed by atoms with Crippen molar-refractivity contribution in [3.8, 4) is 0 Å². The second-order valence-electron chi connectivity index (χ2n) is 7.30. The van der Waals surface area contributed by atoms with Crippen LogP contribution in [0.25, 0.3) is 0 Å². The lowest BCUT2D eigenvalue weighted by Crippen LogP contribution is -2.55. The molecule has 0 spiro atoms. The Bertz CT molecular complexity index is 879. The minimum absolute atomic E-state index is 0.303. The summed E-state index contributed by atoms with van der Waals surface area (Å²) in [4.78, 5) is 33.5. The van der Waals surface area contributed by atoms with E-state index in [2.05, 4.69) is 41.3 Å². The lowest BCUT2D eigenvalue weighted by Gasteiger charge is -2.37. The first-order chi connectivity index (χ1) is 13.8. The number of carbonyl (C=O) groups excluding carboxylic acids is 2. The van der Waals surface area contributed by atoms with Gasteiger partial charge in [0.15, 0.2) is 0 Å². The first-order valence-electron chi connectivity index (χ1n) is 9.63. The van der Waals surface area contributed by atoms with E-state index in [0.29, 0.717) is 5.69 Å². The van der Waals surface area contributed by atoms with Crippen LogP contribution in [0, 0.1) is 13.8 Å². The number of anilines is 2. The Hall–Kier alpha value is -2.45. The summed E-state index contributed by atoms with van der Waals surface area (Å²) < 4.78 is 0.948. The predicted octanol–water partition coefficient (Wildman–Crippen LogP) is 3.32. The molecule has 0 aliphatic carbocycles. The standard InChI is InChI=1S/C21H26BrN5O2/c1-14-4-6-18(15(2)12-14)24-21(29)25-20(28)16(3)26-8-10-27(11-9-26)19-7-5-17(22)13-23-19/h4-7,12-13,16H,8-11H2,1-3H3,(H2,24,25,28,29). The van der Waals surface area contributed by atoms with Crippen LogP contribution in [0.4, 0.5) is 16.3 Å². The highest BCUT2D eigenvalue weighted by Crippen LogP contribution is 2.18. The second kappa shape index (κ2) is 9.37. The van der Waals surface area contributed by atoms with Crippen molar-refractivity contribution < 1.29 is 9.59 Å². The van der Waals surface area contributed by atoms with Gasteiger partial charge in [-0.3, -0.25) is 15.0 Å². The molecule has 1 aliphatic rings. The zero-order valence-electron chi connectivity index (χ0n) is 16.9. The summed E-state index contributed by atoms with van der Waals surface area (Å²) in [7, 11) is 0. The summed E-state index contributed by atoms with van der Waals surface area (Å²) in [6.45, 7) is 8.76. The van der Waals surface area contributed by atoms with Gasteiger partial charge in [-0.05, 0) is 60.5 Å². The largest absolute Gasteiger partial charge is 0.354 e. The van der Waals surface area contributed by atoms with E-state index >= 15 is 0 Å². The highest BCUT2D eigenvalue weighted by atomic mass is 79.9. The number of amides is 3. The predicted molar refractivity (Wildman–Crippen MR) is 118 cm³/mol. The molecule has 2 heterocycles. The van der Waals surface area contributed by atoms with E-state index < -0.39 is 6.03 Å². The van der Waals surface area contributed by atoms with Gasteiger partial charge in [-0.1, -0.05) is 17.7 Å². The average molecular weight is 460 g/mol. The molecule has 3 amide bonds. The smallest absolute Gasteiger partial charge is 0.325 e. The number of pyridine rings is 1. The molecule has 2 N–H and O–H groups in total. The molecule has 29 heavy (non-hydrogen) atoms. The molecular formula is C21H26BrN5O2. The maximum absolute atomic E-state index is 12.5. The monoisotopic (exact) mass is 459 g/mol. The van der Waals surface area contributed by atoms with Gasteiger partial charge >= 0.3 is 6.03 Å². The van der Waals surface area contributed by atoms with Gasteiger partial charge in [0.05, 0.1) is 6.04 Å². The van der Waals surface area contributed by atoms with Gasteiger partial charge < -0.3 is 10.2 Å². The number of imide groups is 1. The normalized spacial score (nSPS) is 15.7. The van der Waals surface area contributed by atoms with Crippen LogP contribution >= 0.6 is 15.9 Å². The van der Waals surface area contributed by atoms with Crippen molar-refractivity contribution in [1.82, 2.24) is 15.2 Å². The van der Waals surface area contributed by atoms with E-state index in [9.17, 15) is 9.59 Å². The summed E-state index contributed by atoms with van der Waals surface area (Å²) in [6, 6.07) is 8.80. The molecule has 1 aliphatic heterocycles. The first kappa shape index (κ1) is 21.3. The average Bonchev–Trinajstić information content (AvgIpc) is 2.70. The molecule has 1 atom stereocenters. The number of benzene rings is 1. The van der Waals surface area contributed by atoms with Crippen molar-refractivity contribution in [1.29, 1.82) is 0 Å². The molecule has 1 fully saturated rings. The highest BCUT2D eigenvalue weighted by molar-refractivity contribution is 9.10. The third-order valence-electron chi connectivity index (χ3n) is 5.14. The molecule has 8 heteroatoms. The number of nitrogens with one attached hydrogen (secondary N) is 2. The molecule has 1 saturated heterocycles. The molecule has 0 radical (unpaired) electrons. The molecule has 3 rings (SSSR count). The number of aromatic nitrogens is 1. The maximum Gasteiger partial charge on any atom is 0.325 e. The SMILES string of the molecule is Cc1ccc(NC(=O)NC(=O)C(C)N2CCN(c3ccc(Br)cn3)CC2)c(C)c1. The molecule has 0 bridgehead atoms. The highest BCUT2D eigenvalue weighted by Gasteiger charge is 2.27. The van der Waals surface area contributed by atoms with Gasteiger partial charge in [0.1, 0.15) is 5.82 Å². The fourth-order valence-corrected chi connectivity index (χ4v) is 3.62. The minimum Gasteiger partial charge on any atom is -0.354 e. The summed E-state index contributed by atoms with van der Waals surface area (Å²) in [5.74, 6) is 0.625. The number of carbonyl (C=O) groups is 2. The van der Waals surface area contributed by atoms with Crippen molar-refractivity contribution >= 4 is 39.4 Å². The third-order valence-corrected chi connectivity index (χ3v) is 5.61. The van der Waals surface area contributed by atoms with Crippen LogP contribution in [0.15, 0.2) is 41.0 Å². The van der Waals surface area contributed by atoms with Crippen LogP contribution in [0.5, 0.6) is 0 Å². The van der Waals surface area contributed by atoms with Crippen molar-refractivity contribution in [2.75, 3.05) is 36.4 Å². The first-order valence-corrected chi connectivity index (χ1v) is 10.4. The molecule has 2 aromatic rings. The molecule has 7 nitrogen and oxygen atoms in total. The lowest BCUT2D eigenvalue weighted by atomic mass is 10.1. The molecule has 0 saturated carbocycles. The fourth-order valence-electron chi connectivity index (χ4n) is 3.38. The van der Waals surface area contributed by atoms with Crippen LogP contribution in [-0.4, -0.2) is 54.0 Å². The van der Waals surface area contributed by atoms with E-state index in [4.69, 9.17) is 0 Å². The van der Waals surface area contributed by atoms with Gasteiger partial charge in [0.25, 0.3) is 0 Å². The Morgan fingerprint density at radius 1 is 1.10 bits per heavy atom. The Balaban J connectivity index is 1.50. The fraction of sp³-hybridized carbons (Fsp3) is 0.381. The Kier molecular flexibility index (Phi) is 6.87. The molecule has 154 valence electrons. The Labute approximate surface area is 179 Å². The van der Waals surface area contributed by atoms with Crippen LogP contribution in [0.1, 0.15) is 18.1 Å². The molecular weight excluding hydrogens is 434 g/mol. The number of rotatable bonds is 4. The van der Waals surface area contributed by atoms with E-state index in [1.807, 2.05) is 51.1 Å². The van der Waals surface area contributed by atoms with Crippen molar-refractivity contribution in [2.24, 2.45) is 0 Å². The van der Waals surface area contributed by atoms with E-state index in [1.54, 1.807) is 6.20 Å². The molecule has 1 unspecified atom stereocenters. The van der Waals surface area contributed by atoms with Gasteiger partial charge in [-0.25, -0.2) is 9.78 Å². The van der Waals surface area contributed by atoms with E-state index in [-0.39, 0.29) is 11.9 Å². The van der Waals surface area contributed by atoms with Gasteiger partial charge in [0, 0.05) is 42.5 Å². The maximum atomic E-state index is 12.5. The van der Waals surface area contributed by atoms with Crippen molar-refractivity contribution in [3.63, 3.8) is 0 Å². The molecule has 1 aromatic heterocycles. The number of nitrogens with zero attached hydrogens (tertiary/aromatic N) is 3. The van der Waals surface area contributed by atoms with Gasteiger partial charge in [-0.15, -0.1) is 0 Å². The quantitative estimate of drug-likeness (QED) is 0.732. The number of aryl methyl sites for hydroxylation is 2. The summed E-state index contributed by atoms with van der Waals surface area (Å²) in [6.07, 6.45) is 1.78. The summed E-state index contributed by atoms with van der Waals surface area (Å²) in [5, 5.41) is 5.20. The third kappa shape index (κ3) is 5.55. The van der Waals surface area contributed by atoms with E-state index in [1.165, 1.54) is 0 Å². The second-order valence-corrected chi connectivity index (χ2v) is 8.21. The van der Waals surface area contributed by atoms with Crippen LogP contribution in [-0.2, 0) is 4.79 Å². The minimum atomic E-state index is -0.508. The van der Waals surface area contributed by atoms with Crippen LogP contribution < -0.4 is 15.5 Å². The Morgan fingerprint density at radius 2 is 1.83 bits per heavy atom. The number of hydrogen-bond acceptors (Lipinski definition) is 5. The van der Waals surface area contributed by atoms with Crippen molar-refractivity contribution in [2.45, 2.75) is 26.8 Å². The summed E-state index contributed by atoms with van der Waals surface area (Å²) in [5.41, 5.74) is 2.78. The number of urea groups is 1. The van der Waals surface area contributed by atoms with Crippen LogP contribution in [0.3, 0.4) is 0 Å². The number of hydrogen-bond donors (Lipinski definition) is 2. The lowest BCUT2D eigenvalue weighted by molar-refractivity contribution is -0.124. The van der Waals surface area contributed by atoms with Gasteiger partial charge in [-0.2, -0.15) is 0 Å². The summed E-state index contributed by atoms with van der Waals surface area (Å²) >= 11 is 3.39. The Morgan fingerprint density at radius 3 is 2.45 bits per heavy atom. The zero-order valence-corrected chi connectivity index (χ0v) is 18.5. The van der Waals surface area contributed by atoms with Crippen LogP contribution in [0.2, 0.25) is 0 Å². The molecule has 1 aromatic carbocycles.